The van der Waals surface area contributed by atoms with Crippen LogP contribution >= 0.6 is 0 Å². The molecule has 0 aliphatic carbocycles. The molecule has 0 amide bonds. The standard InChI is InChI=1S/C28H30O8/c29-27(30)23-13-14-24(35-17-7-15-33-19-21-9-3-1-4-10-21)26(25(23)28(31)32)36-18-8-16-34-20-22-11-5-2-6-12-22/h1-6,9-14H,7-8,15-20H2,(H,29,30)(H,31,32). The number of carbonyl (C=O) groups is 2. The number of carboxylic acid groups (broad SMARTS) is 2. The highest BCUT2D eigenvalue weighted by Crippen LogP contribution is 2.34. The normalized spacial score (nSPS) is 10.7. The van der Waals surface area contributed by atoms with Gasteiger partial charge in [0.25, 0.3) is 0 Å². The van der Waals surface area contributed by atoms with Gasteiger partial charge in [0.2, 0.25) is 0 Å². The highest BCUT2D eigenvalue weighted by Gasteiger charge is 2.25. The molecule has 36 heavy (non-hydrogen) atoms. The van der Waals surface area contributed by atoms with Gasteiger partial charge in [0.1, 0.15) is 5.56 Å². The lowest BCUT2D eigenvalue weighted by molar-refractivity contribution is 0.0644. The minimum Gasteiger partial charge on any atom is -0.490 e. The van der Waals surface area contributed by atoms with Crippen LogP contribution in [0.15, 0.2) is 72.8 Å². The average Bonchev–Trinajstić information content (AvgIpc) is 2.89. The predicted octanol–water partition coefficient (Wildman–Crippen LogP) is 5.05. The van der Waals surface area contributed by atoms with Crippen molar-refractivity contribution >= 4 is 11.9 Å². The Hall–Kier alpha value is -3.88. The van der Waals surface area contributed by atoms with Crippen molar-refractivity contribution in [1.29, 1.82) is 0 Å². The maximum atomic E-state index is 11.9. The third kappa shape index (κ3) is 8.41. The zero-order valence-corrected chi connectivity index (χ0v) is 19.9. The molecule has 8 nitrogen and oxygen atoms in total. The van der Waals surface area contributed by atoms with E-state index in [2.05, 4.69) is 0 Å². The lowest BCUT2D eigenvalue weighted by Gasteiger charge is -2.16. The fraction of sp³-hybridized carbons (Fsp3) is 0.286. The van der Waals surface area contributed by atoms with Crippen LogP contribution in [-0.4, -0.2) is 48.6 Å². The number of hydrogen-bond donors (Lipinski definition) is 2. The molecule has 0 saturated carbocycles. The first kappa shape index (κ1) is 26.7. The summed E-state index contributed by atoms with van der Waals surface area (Å²) in [5.74, 6) is -2.69. The quantitative estimate of drug-likeness (QED) is 0.266. The first-order chi connectivity index (χ1) is 17.6. The van der Waals surface area contributed by atoms with Gasteiger partial charge in [-0.25, -0.2) is 9.59 Å². The van der Waals surface area contributed by atoms with Crippen molar-refractivity contribution in [3.63, 3.8) is 0 Å². The molecule has 0 aliphatic rings. The van der Waals surface area contributed by atoms with Gasteiger partial charge in [-0.1, -0.05) is 60.7 Å². The summed E-state index contributed by atoms with van der Waals surface area (Å²) in [5, 5.41) is 19.1. The Morgan fingerprint density at radius 2 is 1.14 bits per heavy atom. The third-order valence-electron chi connectivity index (χ3n) is 5.16. The van der Waals surface area contributed by atoms with E-state index in [-0.39, 0.29) is 30.3 Å². The molecule has 0 saturated heterocycles. The molecule has 3 aromatic rings. The summed E-state index contributed by atoms with van der Waals surface area (Å²) in [6.07, 6.45) is 1.04. The molecule has 0 radical (unpaired) electrons. The van der Waals surface area contributed by atoms with Crippen molar-refractivity contribution in [2.24, 2.45) is 0 Å². The maximum absolute atomic E-state index is 11.9. The van der Waals surface area contributed by atoms with E-state index in [0.29, 0.717) is 39.3 Å². The molecule has 190 valence electrons. The highest BCUT2D eigenvalue weighted by atomic mass is 16.5. The smallest absolute Gasteiger partial charge is 0.340 e. The molecular weight excluding hydrogens is 464 g/mol. The van der Waals surface area contributed by atoms with Crippen LogP contribution in [0, 0.1) is 0 Å². The second kappa shape index (κ2) is 14.5. The monoisotopic (exact) mass is 494 g/mol. The first-order valence-electron chi connectivity index (χ1n) is 11.7. The maximum Gasteiger partial charge on any atom is 0.340 e. The lowest BCUT2D eigenvalue weighted by atomic mass is 10.1. The molecule has 0 fully saturated rings. The molecule has 3 rings (SSSR count). The van der Waals surface area contributed by atoms with Gasteiger partial charge in [-0.2, -0.15) is 0 Å². The van der Waals surface area contributed by atoms with E-state index in [1.807, 2.05) is 60.7 Å². The molecule has 8 heteroatoms. The fourth-order valence-corrected chi connectivity index (χ4v) is 3.42. The Bertz CT molecular complexity index is 1100. The van der Waals surface area contributed by atoms with Crippen molar-refractivity contribution in [2.75, 3.05) is 26.4 Å². The van der Waals surface area contributed by atoms with E-state index in [1.54, 1.807) is 0 Å². The predicted molar refractivity (Wildman–Crippen MR) is 133 cm³/mol. The van der Waals surface area contributed by atoms with Gasteiger partial charge in [0.05, 0.1) is 45.2 Å². The fourth-order valence-electron chi connectivity index (χ4n) is 3.42. The van der Waals surface area contributed by atoms with Crippen LogP contribution in [0.3, 0.4) is 0 Å². The van der Waals surface area contributed by atoms with Gasteiger partial charge in [0.15, 0.2) is 11.5 Å². The summed E-state index contributed by atoms with van der Waals surface area (Å²) < 4.78 is 22.8. The molecule has 0 atom stereocenters. The van der Waals surface area contributed by atoms with Gasteiger partial charge in [-0.15, -0.1) is 0 Å². The van der Waals surface area contributed by atoms with Crippen molar-refractivity contribution in [2.45, 2.75) is 26.1 Å². The van der Waals surface area contributed by atoms with Crippen LogP contribution < -0.4 is 9.47 Å². The lowest BCUT2D eigenvalue weighted by Crippen LogP contribution is -2.14. The Morgan fingerprint density at radius 3 is 1.64 bits per heavy atom. The summed E-state index contributed by atoms with van der Waals surface area (Å²) in [4.78, 5) is 23.5. The number of carboxylic acids is 2. The van der Waals surface area contributed by atoms with Gasteiger partial charge in [-0.3, -0.25) is 0 Å². The minimum atomic E-state index is -1.40. The number of rotatable bonds is 16. The summed E-state index contributed by atoms with van der Waals surface area (Å²) in [6, 6.07) is 22.1. The second-order valence-electron chi connectivity index (χ2n) is 7.91. The largest absolute Gasteiger partial charge is 0.490 e. The van der Waals surface area contributed by atoms with Crippen molar-refractivity contribution in [1.82, 2.24) is 0 Å². The van der Waals surface area contributed by atoms with E-state index in [4.69, 9.17) is 18.9 Å². The van der Waals surface area contributed by atoms with Gasteiger partial charge in [0, 0.05) is 12.8 Å². The molecular formula is C28H30O8. The molecule has 0 aromatic heterocycles. The second-order valence-corrected chi connectivity index (χ2v) is 7.91. The first-order valence-corrected chi connectivity index (χ1v) is 11.7. The summed E-state index contributed by atoms with van der Waals surface area (Å²) in [6.45, 7) is 2.16. The number of aromatic carboxylic acids is 2. The summed E-state index contributed by atoms with van der Waals surface area (Å²) in [5.41, 5.74) is 1.31. The van der Waals surface area contributed by atoms with E-state index in [9.17, 15) is 19.8 Å². The SMILES string of the molecule is O=C(O)c1ccc(OCCCOCc2ccccc2)c(OCCCOCc2ccccc2)c1C(=O)O. The Balaban J connectivity index is 1.53. The molecule has 0 heterocycles. The van der Waals surface area contributed by atoms with E-state index in [0.717, 1.165) is 11.1 Å². The van der Waals surface area contributed by atoms with Crippen LogP contribution in [0.5, 0.6) is 11.5 Å². The van der Waals surface area contributed by atoms with Crippen LogP contribution in [0.1, 0.15) is 44.7 Å². The number of hydrogen-bond acceptors (Lipinski definition) is 6. The molecule has 0 unspecified atom stereocenters. The molecule has 3 aromatic carbocycles. The molecule has 2 N–H and O–H groups in total. The average molecular weight is 495 g/mol. The zero-order chi connectivity index (χ0) is 25.6. The Labute approximate surface area is 210 Å². The Kier molecular flexibility index (Phi) is 10.8. The van der Waals surface area contributed by atoms with E-state index >= 15 is 0 Å². The third-order valence-corrected chi connectivity index (χ3v) is 5.16. The zero-order valence-electron chi connectivity index (χ0n) is 19.9. The van der Waals surface area contributed by atoms with Crippen LogP contribution in [0.2, 0.25) is 0 Å². The Morgan fingerprint density at radius 1 is 0.611 bits per heavy atom. The summed E-state index contributed by atoms with van der Waals surface area (Å²) in [7, 11) is 0. The van der Waals surface area contributed by atoms with Gasteiger partial charge in [-0.05, 0) is 23.3 Å². The summed E-state index contributed by atoms with van der Waals surface area (Å²) >= 11 is 0. The van der Waals surface area contributed by atoms with E-state index < -0.39 is 17.5 Å². The van der Waals surface area contributed by atoms with Crippen LogP contribution in [0.4, 0.5) is 0 Å². The molecule has 0 bridgehead atoms. The van der Waals surface area contributed by atoms with Gasteiger partial charge >= 0.3 is 11.9 Å². The van der Waals surface area contributed by atoms with Crippen molar-refractivity contribution < 1.29 is 38.7 Å². The number of benzene rings is 3. The number of ether oxygens (including phenoxy) is 4. The van der Waals surface area contributed by atoms with E-state index in [1.165, 1.54) is 12.1 Å². The van der Waals surface area contributed by atoms with Crippen LogP contribution in [-0.2, 0) is 22.7 Å². The molecule has 0 aliphatic heterocycles. The highest BCUT2D eigenvalue weighted by molar-refractivity contribution is 6.04. The van der Waals surface area contributed by atoms with Crippen LogP contribution in [0.25, 0.3) is 0 Å². The minimum absolute atomic E-state index is 0.101. The topological polar surface area (TPSA) is 112 Å². The molecule has 0 spiro atoms. The van der Waals surface area contributed by atoms with Gasteiger partial charge < -0.3 is 29.2 Å². The van der Waals surface area contributed by atoms with Crippen molar-refractivity contribution in [3.8, 4) is 11.5 Å². The van der Waals surface area contributed by atoms with Crippen molar-refractivity contribution in [3.05, 3.63) is 95.1 Å².